The Balaban J connectivity index is 2.71. The second-order valence-electron chi connectivity index (χ2n) is 7.79. The molecule has 2 radical (unpaired) electrons. The zero-order valence-electron chi connectivity index (χ0n) is 17.5. The number of hydrogen-bond donors (Lipinski definition) is 0. The van der Waals surface area contributed by atoms with Gasteiger partial charge in [0.1, 0.15) is 0 Å². The number of unbranched alkanes of at least 4 members (excludes halogenated alkanes) is 6. The fourth-order valence-electron chi connectivity index (χ4n) is 3.67. The third kappa shape index (κ3) is 9.84. The van der Waals surface area contributed by atoms with Crippen LogP contribution in [0, 0.1) is 0 Å². The van der Waals surface area contributed by atoms with E-state index in [0.717, 1.165) is 3.43 Å². The van der Waals surface area contributed by atoms with Gasteiger partial charge in [0.15, 0.2) is 0 Å². The zero-order valence-corrected chi connectivity index (χ0v) is 21.1. The van der Waals surface area contributed by atoms with E-state index in [-0.39, 0.29) is 0 Å². The van der Waals surface area contributed by atoms with Gasteiger partial charge in [-0.3, -0.25) is 0 Å². The molecule has 1 heterocycles. The van der Waals surface area contributed by atoms with Crippen LogP contribution in [0.2, 0.25) is 3.43 Å². The van der Waals surface area contributed by atoms with Gasteiger partial charge < -0.3 is 0 Å². The van der Waals surface area contributed by atoms with Gasteiger partial charge in [0.2, 0.25) is 0 Å². The summed E-state index contributed by atoms with van der Waals surface area (Å²) >= 11 is 1.70. The van der Waals surface area contributed by atoms with Crippen LogP contribution in [0.15, 0.2) is 12.1 Å². The van der Waals surface area contributed by atoms with E-state index >= 15 is 0 Å². The molecule has 0 aliphatic carbocycles. The maximum absolute atomic E-state index is 2.53. The first-order valence-electron chi connectivity index (χ1n) is 11.1. The van der Waals surface area contributed by atoms with E-state index in [1.807, 2.05) is 2.89 Å². The molecule has 0 bridgehead atoms. The van der Waals surface area contributed by atoms with Crippen LogP contribution in [0.4, 0.5) is 0 Å². The zero-order chi connectivity index (χ0) is 18.4. The Bertz CT molecular complexity index is 402. The molecule has 144 valence electrons. The molecular weight excluding hydrogens is 427 g/mol. The standard InChI is InChI=1S/C13H27.C10H15S.Sn/c1-4-7-10-13(11-8-5-2)12-9-6-3;1-2-3-4-5-7-10-8-6-9-11-10;/h4-12H2,1-3H3;6,8H,2-5,7H2,1H3;. The number of hydrogen-bond acceptors (Lipinski definition) is 1. The Hall–Kier alpha value is 0.499. The number of rotatable bonds is 16. The topological polar surface area (TPSA) is 0 Å². The normalized spacial score (nSPS) is 12.0. The minimum atomic E-state index is -0.494. The van der Waals surface area contributed by atoms with Gasteiger partial charge in [0.05, 0.1) is 0 Å². The van der Waals surface area contributed by atoms with Crippen molar-refractivity contribution in [3.05, 3.63) is 17.0 Å². The Morgan fingerprint density at radius 1 is 0.720 bits per heavy atom. The first kappa shape index (κ1) is 23.5. The minimum absolute atomic E-state index is 0.494. The van der Waals surface area contributed by atoms with Crippen LogP contribution < -0.4 is 2.89 Å². The van der Waals surface area contributed by atoms with E-state index in [2.05, 4.69) is 51.2 Å². The fourth-order valence-corrected chi connectivity index (χ4v) is 12.1. The van der Waals surface area contributed by atoms with Gasteiger partial charge in [0, 0.05) is 0 Å². The Labute approximate surface area is 172 Å². The van der Waals surface area contributed by atoms with Crippen LogP contribution >= 0.6 is 11.3 Å². The van der Waals surface area contributed by atoms with Crippen molar-refractivity contribution in [2.75, 3.05) is 0 Å². The van der Waals surface area contributed by atoms with E-state index < -0.39 is 21.1 Å². The molecule has 0 saturated carbocycles. The van der Waals surface area contributed by atoms with Gasteiger partial charge >= 0.3 is 173 Å². The number of thiophene rings is 1. The predicted molar refractivity (Wildman–Crippen MR) is 119 cm³/mol. The summed E-state index contributed by atoms with van der Waals surface area (Å²) in [4.78, 5) is 1.67. The summed E-state index contributed by atoms with van der Waals surface area (Å²) in [5, 5.41) is 0. The van der Waals surface area contributed by atoms with Gasteiger partial charge in [-0.15, -0.1) is 0 Å². The van der Waals surface area contributed by atoms with Crippen LogP contribution in [0.1, 0.15) is 116 Å². The third-order valence-electron chi connectivity index (χ3n) is 5.35. The molecule has 0 spiro atoms. The molecule has 0 aliphatic heterocycles. The average Bonchev–Trinajstić information content (AvgIpc) is 3.07. The summed E-state index contributed by atoms with van der Waals surface area (Å²) in [5.41, 5.74) is 0. The van der Waals surface area contributed by atoms with Crippen molar-refractivity contribution in [3.63, 3.8) is 0 Å². The van der Waals surface area contributed by atoms with E-state index in [9.17, 15) is 0 Å². The molecule has 0 atom stereocenters. The first-order valence-corrected chi connectivity index (χ1v) is 14.7. The Kier molecular flexibility index (Phi) is 13.7. The van der Waals surface area contributed by atoms with Crippen molar-refractivity contribution in [2.45, 2.75) is 121 Å². The van der Waals surface area contributed by atoms with Gasteiger partial charge in [-0.1, -0.05) is 0 Å². The number of aryl methyl sites for hydroxylation is 1. The van der Waals surface area contributed by atoms with Crippen molar-refractivity contribution in [1.29, 1.82) is 0 Å². The van der Waals surface area contributed by atoms with E-state index in [0.29, 0.717) is 0 Å². The SMILES string of the molecule is CCCCCCc1cc[c]([Sn][C](CCCC)(CCCC)CCCC)s1. The third-order valence-corrected chi connectivity index (χ3v) is 12.7. The molecule has 2 heteroatoms. The monoisotopic (exact) mass is 470 g/mol. The molecular formula is C23H42SSn. The van der Waals surface area contributed by atoms with Crippen molar-refractivity contribution in [3.8, 4) is 0 Å². The van der Waals surface area contributed by atoms with Crippen LogP contribution in [0.3, 0.4) is 0 Å². The molecule has 1 aromatic heterocycles. The van der Waals surface area contributed by atoms with Gasteiger partial charge in [-0.05, 0) is 0 Å². The maximum atomic E-state index is 2.53. The van der Waals surface area contributed by atoms with Gasteiger partial charge in [0.25, 0.3) is 0 Å². The van der Waals surface area contributed by atoms with Crippen LogP contribution in [0.5, 0.6) is 0 Å². The van der Waals surface area contributed by atoms with Crippen LogP contribution in [-0.4, -0.2) is 21.1 Å². The molecule has 1 rings (SSSR count). The van der Waals surface area contributed by atoms with Crippen molar-refractivity contribution >= 4 is 35.4 Å². The van der Waals surface area contributed by atoms with E-state index in [4.69, 9.17) is 0 Å². The summed E-state index contributed by atoms with van der Waals surface area (Å²) in [6, 6.07) is 5.00. The summed E-state index contributed by atoms with van der Waals surface area (Å²) < 4.78 is 2.58. The predicted octanol–water partition coefficient (Wildman–Crippen LogP) is 7.93. The summed E-state index contributed by atoms with van der Waals surface area (Å²) in [5.74, 6) is 0. The van der Waals surface area contributed by atoms with E-state index in [1.165, 1.54) is 89.9 Å². The quantitative estimate of drug-likeness (QED) is 0.170. The molecule has 25 heavy (non-hydrogen) atoms. The van der Waals surface area contributed by atoms with Crippen molar-refractivity contribution < 1.29 is 0 Å². The van der Waals surface area contributed by atoms with Crippen LogP contribution in [-0.2, 0) is 6.42 Å². The molecule has 0 aliphatic rings. The molecule has 0 saturated heterocycles. The first-order chi connectivity index (χ1) is 12.2. The molecule has 1 aromatic rings. The van der Waals surface area contributed by atoms with Crippen LogP contribution in [0.25, 0.3) is 0 Å². The summed E-state index contributed by atoms with van der Waals surface area (Å²) in [7, 11) is 0. The molecule has 0 amide bonds. The fraction of sp³-hybridized carbons (Fsp3) is 0.826. The van der Waals surface area contributed by atoms with Crippen molar-refractivity contribution in [1.82, 2.24) is 0 Å². The van der Waals surface area contributed by atoms with E-state index in [1.54, 1.807) is 4.88 Å². The second kappa shape index (κ2) is 14.5. The Morgan fingerprint density at radius 2 is 1.28 bits per heavy atom. The Morgan fingerprint density at radius 3 is 1.80 bits per heavy atom. The van der Waals surface area contributed by atoms with Gasteiger partial charge in [-0.25, -0.2) is 0 Å². The summed E-state index contributed by atoms with van der Waals surface area (Å²) in [6.07, 6.45) is 19.9. The molecule has 0 N–H and O–H groups in total. The second-order valence-corrected chi connectivity index (χ2v) is 15.3. The van der Waals surface area contributed by atoms with Gasteiger partial charge in [-0.2, -0.15) is 0 Å². The molecule has 0 fully saturated rings. The average molecular weight is 469 g/mol. The molecule has 0 aromatic carbocycles. The molecule has 0 unspecified atom stereocenters. The molecule has 0 nitrogen and oxygen atoms in total. The van der Waals surface area contributed by atoms with Crippen molar-refractivity contribution in [2.24, 2.45) is 0 Å². The summed E-state index contributed by atoms with van der Waals surface area (Å²) in [6.45, 7) is 9.41.